The van der Waals surface area contributed by atoms with E-state index in [0.717, 1.165) is 37.7 Å². The molecule has 0 saturated carbocycles. The molecule has 4 heteroatoms. The third-order valence-electron chi connectivity index (χ3n) is 3.72. The molecule has 1 aromatic rings. The molecule has 1 saturated heterocycles. The van der Waals surface area contributed by atoms with Crippen molar-refractivity contribution < 1.29 is 9.47 Å². The first-order valence-corrected chi connectivity index (χ1v) is 6.66. The summed E-state index contributed by atoms with van der Waals surface area (Å²) in [5.41, 5.74) is 7.01. The molecule has 2 heterocycles. The van der Waals surface area contributed by atoms with Gasteiger partial charge in [-0.1, -0.05) is 6.07 Å². The Morgan fingerprint density at radius 2 is 2.06 bits per heavy atom. The Kier molecular flexibility index (Phi) is 3.39. The van der Waals surface area contributed by atoms with Crippen molar-refractivity contribution in [1.82, 2.24) is 4.90 Å². The fourth-order valence-electron chi connectivity index (χ4n) is 2.69. The van der Waals surface area contributed by atoms with Crippen LogP contribution in [0.15, 0.2) is 18.2 Å². The van der Waals surface area contributed by atoms with Gasteiger partial charge >= 0.3 is 0 Å². The van der Waals surface area contributed by atoms with E-state index in [1.165, 1.54) is 12.0 Å². The molecule has 1 fully saturated rings. The van der Waals surface area contributed by atoms with Crippen molar-refractivity contribution in [2.45, 2.75) is 13.0 Å². The average molecular weight is 248 g/mol. The molecule has 0 bridgehead atoms. The molecule has 0 aliphatic carbocycles. The van der Waals surface area contributed by atoms with Gasteiger partial charge in [-0.3, -0.25) is 4.90 Å². The molecule has 98 valence electrons. The quantitative estimate of drug-likeness (QED) is 0.874. The van der Waals surface area contributed by atoms with E-state index < -0.39 is 0 Å². The second-order valence-electron chi connectivity index (χ2n) is 5.10. The number of rotatable bonds is 3. The predicted octanol–water partition coefficient (Wildman–Crippen LogP) is 1.24. The van der Waals surface area contributed by atoms with Crippen LogP contribution in [-0.2, 0) is 6.54 Å². The summed E-state index contributed by atoms with van der Waals surface area (Å²) in [4.78, 5) is 2.46. The van der Waals surface area contributed by atoms with Crippen LogP contribution in [0.1, 0.15) is 12.0 Å². The van der Waals surface area contributed by atoms with E-state index in [4.69, 9.17) is 15.2 Å². The van der Waals surface area contributed by atoms with Crippen LogP contribution in [0.4, 0.5) is 0 Å². The van der Waals surface area contributed by atoms with Crippen molar-refractivity contribution in [3.05, 3.63) is 23.8 Å². The maximum Gasteiger partial charge on any atom is 0.161 e. The van der Waals surface area contributed by atoms with E-state index in [1.54, 1.807) is 0 Å². The summed E-state index contributed by atoms with van der Waals surface area (Å²) in [6.07, 6.45) is 1.22. The van der Waals surface area contributed by atoms with Crippen molar-refractivity contribution in [1.29, 1.82) is 0 Å². The van der Waals surface area contributed by atoms with Crippen LogP contribution >= 0.6 is 0 Å². The van der Waals surface area contributed by atoms with E-state index in [9.17, 15) is 0 Å². The molecule has 18 heavy (non-hydrogen) atoms. The molecule has 1 unspecified atom stereocenters. The third kappa shape index (κ3) is 2.44. The minimum absolute atomic E-state index is 0.648. The molecule has 1 atom stereocenters. The van der Waals surface area contributed by atoms with Gasteiger partial charge in [-0.05, 0) is 43.1 Å². The van der Waals surface area contributed by atoms with E-state index in [2.05, 4.69) is 17.0 Å². The van der Waals surface area contributed by atoms with Gasteiger partial charge in [0.2, 0.25) is 0 Å². The minimum atomic E-state index is 0.648. The highest BCUT2D eigenvalue weighted by Crippen LogP contribution is 2.31. The number of nitrogens with zero attached hydrogens (tertiary/aromatic N) is 1. The van der Waals surface area contributed by atoms with Gasteiger partial charge in [0, 0.05) is 13.1 Å². The van der Waals surface area contributed by atoms with Crippen LogP contribution in [0.3, 0.4) is 0 Å². The highest BCUT2D eigenvalue weighted by atomic mass is 16.6. The Labute approximate surface area is 108 Å². The first-order chi connectivity index (χ1) is 8.85. The number of benzene rings is 1. The standard InChI is InChI=1S/C14H20N2O2/c15-8-12-3-4-16(10-12)9-11-1-2-13-14(7-11)18-6-5-17-13/h1-2,7,12H,3-6,8-10,15H2. The number of hydrogen-bond acceptors (Lipinski definition) is 4. The number of likely N-dealkylation sites (tertiary alicyclic amines) is 1. The van der Waals surface area contributed by atoms with Crippen molar-refractivity contribution in [2.75, 3.05) is 32.8 Å². The summed E-state index contributed by atoms with van der Waals surface area (Å²) in [7, 11) is 0. The fraction of sp³-hybridized carbons (Fsp3) is 0.571. The monoisotopic (exact) mass is 248 g/mol. The summed E-state index contributed by atoms with van der Waals surface area (Å²) in [5, 5.41) is 0. The zero-order chi connectivity index (χ0) is 12.4. The highest BCUT2D eigenvalue weighted by Gasteiger charge is 2.21. The molecular formula is C14H20N2O2. The normalized spacial score (nSPS) is 23.3. The Morgan fingerprint density at radius 3 is 2.83 bits per heavy atom. The lowest BCUT2D eigenvalue weighted by molar-refractivity contribution is 0.171. The van der Waals surface area contributed by atoms with E-state index in [-0.39, 0.29) is 0 Å². The first-order valence-electron chi connectivity index (χ1n) is 6.66. The maximum absolute atomic E-state index is 5.72. The molecule has 4 nitrogen and oxygen atoms in total. The van der Waals surface area contributed by atoms with Gasteiger partial charge in [-0.2, -0.15) is 0 Å². The molecule has 1 aromatic carbocycles. The lowest BCUT2D eigenvalue weighted by atomic mass is 10.1. The van der Waals surface area contributed by atoms with Crippen molar-refractivity contribution >= 4 is 0 Å². The molecular weight excluding hydrogens is 228 g/mol. The van der Waals surface area contributed by atoms with Gasteiger partial charge in [0.25, 0.3) is 0 Å². The second-order valence-corrected chi connectivity index (χ2v) is 5.10. The first kappa shape index (κ1) is 11.8. The molecule has 0 spiro atoms. The summed E-state index contributed by atoms with van der Waals surface area (Å²) in [6.45, 7) is 5.35. The third-order valence-corrected chi connectivity index (χ3v) is 3.72. The molecule has 3 rings (SSSR count). The van der Waals surface area contributed by atoms with Crippen LogP contribution in [0.5, 0.6) is 11.5 Å². The van der Waals surface area contributed by atoms with E-state index in [1.807, 2.05) is 6.07 Å². The average Bonchev–Trinajstić information content (AvgIpc) is 2.86. The van der Waals surface area contributed by atoms with Crippen LogP contribution < -0.4 is 15.2 Å². The SMILES string of the molecule is NCC1CCN(Cc2ccc3c(c2)OCCO3)C1. The van der Waals surface area contributed by atoms with Crippen LogP contribution in [0, 0.1) is 5.92 Å². The summed E-state index contributed by atoms with van der Waals surface area (Å²) in [5.74, 6) is 2.42. The lowest BCUT2D eigenvalue weighted by Crippen LogP contribution is -2.23. The van der Waals surface area contributed by atoms with Crippen LogP contribution in [0.2, 0.25) is 0 Å². The smallest absolute Gasteiger partial charge is 0.161 e. The zero-order valence-corrected chi connectivity index (χ0v) is 10.6. The van der Waals surface area contributed by atoms with Gasteiger partial charge in [0.1, 0.15) is 13.2 Å². The molecule has 2 aliphatic heterocycles. The zero-order valence-electron chi connectivity index (χ0n) is 10.6. The largest absolute Gasteiger partial charge is 0.486 e. The fourth-order valence-corrected chi connectivity index (χ4v) is 2.69. The van der Waals surface area contributed by atoms with Gasteiger partial charge in [0.05, 0.1) is 0 Å². The summed E-state index contributed by atoms with van der Waals surface area (Å²) >= 11 is 0. The summed E-state index contributed by atoms with van der Waals surface area (Å²) < 4.78 is 11.1. The molecule has 0 aromatic heterocycles. The van der Waals surface area contributed by atoms with Crippen molar-refractivity contribution in [3.63, 3.8) is 0 Å². The molecule has 2 N–H and O–H groups in total. The minimum Gasteiger partial charge on any atom is -0.486 e. The second kappa shape index (κ2) is 5.16. The molecule has 0 amide bonds. The Balaban J connectivity index is 1.66. The molecule has 2 aliphatic rings. The number of nitrogens with two attached hydrogens (primary N) is 1. The Morgan fingerprint density at radius 1 is 1.22 bits per heavy atom. The maximum atomic E-state index is 5.72. The van der Waals surface area contributed by atoms with Gasteiger partial charge in [-0.25, -0.2) is 0 Å². The number of hydrogen-bond donors (Lipinski definition) is 1. The number of ether oxygens (including phenoxy) is 2. The van der Waals surface area contributed by atoms with Gasteiger partial charge in [-0.15, -0.1) is 0 Å². The highest BCUT2D eigenvalue weighted by molar-refractivity contribution is 5.43. The van der Waals surface area contributed by atoms with Crippen LogP contribution in [0.25, 0.3) is 0 Å². The molecule has 0 radical (unpaired) electrons. The lowest BCUT2D eigenvalue weighted by Gasteiger charge is -2.20. The number of fused-ring (bicyclic) bond motifs is 1. The van der Waals surface area contributed by atoms with E-state index in [0.29, 0.717) is 19.1 Å². The Bertz CT molecular complexity index is 422. The van der Waals surface area contributed by atoms with E-state index >= 15 is 0 Å². The van der Waals surface area contributed by atoms with Gasteiger partial charge < -0.3 is 15.2 Å². The summed E-state index contributed by atoms with van der Waals surface area (Å²) in [6, 6.07) is 6.24. The predicted molar refractivity (Wildman–Crippen MR) is 69.9 cm³/mol. The van der Waals surface area contributed by atoms with Crippen LogP contribution in [-0.4, -0.2) is 37.7 Å². The van der Waals surface area contributed by atoms with Gasteiger partial charge in [0.15, 0.2) is 11.5 Å². The van der Waals surface area contributed by atoms with Crippen molar-refractivity contribution in [2.24, 2.45) is 11.7 Å². The van der Waals surface area contributed by atoms with Crippen molar-refractivity contribution in [3.8, 4) is 11.5 Å². The topological polar surface area (TPSA) is 47.7 Å². The Hall–Kier alpha value is -1.26.